The molecule has 0 aliphatic heterocycles. The third kappa shape index (κ3) is 3.65. The van der Waals surface area contributed by atoms with Gasteiger partial charge in [-0.1, -0.05) is 13.8 Å². The number of Topliss-reactive ketones (excluding diaryl/α,β-unsaturated/α-hetero) is 1. The average molecular weight is 212 g/mol. The van der Waals surface area contributed by atoms with Crippen molar-refractivity contribution in [1.82, 2.24) is 0 Å². The van der Waals surface area contributed by atoms with Gasteiger partial charge < -0.3 is 5.11 Å². The minimum Gasteiger partial charge on any atom is -0.481 e. The lowest BCUT2D eigenvalue weighted by Gasteiger charge is -2.25. The molecule has 15 heavy (non-hydrogen) atoms. The van der Waals surface area contributed by atoms with E-state index in [9.17, 15) is 9.59 Å². The van der Waals surface area contributed by atoms with E-state index < -0.39 is 5.97 Å². The number of aliphatic carboxylic acids is 1. The number of rotatable bonds is 4. The maximum absolute atomic E-state index is 11.7. The third-order valence-corrected chi connectivity index (χ3v) is 3.14. The standard InChI is InChI=1S/C12H20O3/c1-8(2)7-11(13)9-3-5-10(6-4-9)12(14)15/h8-10H,3-7H2,1-2H3,(H,14,15). The lowest BCUT2D eigenvalue weighted by atomic mass is 9.78. The van der Waals surface area contributed by atoms with Gasteiger partial charge >= 0.3 is 5.97 Å². The highest BCUT2D eigenvalue weighted by atomic mass is 16.4. The van der Waals surface area contributed by atoms with E-state index in [4.69, 9.17) is 5.11 Å². The van der Waals surface area contributed by atoms with Crippen LogP contribution in [0.1, 0.15) is 46.0 Å². The van der Waals surface area contributed by atoms with Crippen LogP contribution < -0.4 is 0 Å². The molecule has 1 saturated carbocycles. The Morgan fingerprint density at radius 1 is 1.13 bits per heavy atom. The molecule has 0 aromatic carbocycles. The molecular weight excluding hydrogens is 192 g/mol. The Morgan fingerprint density at radius 2 is 1.60 bits per heavy atom. The zero-order valence-corrected chi connectivity index (χ0v) is 9.53. The molecule has 0 atom stereocenters. The molecule has 3 heteroatoms. The van der Waals surface area contributed by atoms with E-state index >= 15 is 0 Å². The van der Waals surface area contributed by atoms with E-state index in [0.717, 1.165) is 12.8 Å². The molecule has 0 amide bonds. The fourth-order valence-corrected chi connectivity index (χ4v) is 2.23. The summed E-state index contributed by atoms with van der Waals surface area (Å²) >= 11 is 0. The molecule has 3 nitrogen and oxygen atoms in total. The summed E-state index contributed by atoms with van der Waals surface area (Å²) in [5.41, 5.74) is 0. The van der Waals surface area contributed by atoms with E-state index in [-0.39, 0.29) is 11.8 Å². The van der Waals surface area contributed by atoms with Gasteiger partial charge in [0.25, 0.3) is 0 Å². The Bertz CT molecular complexity index is 237. The summed E-state index contributed by atoms with van der Waals surface area (Å²) in [6.45, 7) is 4.08. The van der Waals surface area contributed by atoms with Gasteiger partial charge in [0.15, 0.2) is 0 Å². The largest absolute Gasteiger partial charge is 0.481 e. The van der Waals surface area contributed by atoms with Crippen LogP contribution in [0.4, 0.5) is 0 Å². The Hall–Kier alpha value is -0.860. The third-order valence-electron chi connectivity index (χ3n) is 3.14. The minimum absolute atomic E-state index is 0.128. The first-order chi connectivity index (χ1) is 7.00. The molecule has 0 spiro atoms. The van der Waals surface area contributed by atoms with Crippen LogP contribution in [0.5, 0.6) is 0 Å². The van der Waals surface area contributed by atoms with Crippen LogP contribution in [-0.4, -0.2) is 16.9 Å². The summed E-state index contributed by atoms with van der Waals surface area (Å²) in [4.78, 5) is 22.5. The highest BCUT2D eigenvalue weighted by Crippen LogP contribution is 2.30. The van der Waals surface area contributed by atoms with Gasteiger partial charge in [0, 0.05) is 12.3 Å². The summed E-state index contributed by atoms with van der Waals surface area (Å²) in [7, 11) is 0. The summed E-state index contributed by atoms with van der Waals surface area (Å²) < 4.78 is 0. The number of carbonyl (C=O) groups excluding carboxylic acids is 1. The number of carboxylic acids is 1. The molecule has 1 aliphatic rings. The fourth-order valence-electron chi connectivity index (χ4n) is 2.23. The number of carboxylic acid groups (broad SMARTS) is 1. The van der Waals surface area contributed by atoms with Gasteiger partial charge in [-0.05, 0) is 31.6 Å². The molecule has 86 valence electrons. The van der Waals surface area contributed by atoms with E-state index in [2.05, 4.69) is 0 Å². The normalized spacial score (nSPS) is 26.6. The van der Waals surface area contributed by atoms with Crippen molar-refractivity contribution < 1.29 is 14.7 Å². The molecule has 1 aliphatic carbocycles. The summed E-state index contributed by atoms with van der Waals surface area (Å²) in [6, 6.07) is 0. The van der Waals surface area contributed by atoms with Gasteiger partial charge in [0.1, 0.15) is 5.78 Å². The molecule has 0 unspecified atom stereocenters. The van der Waals surface area contributed by atoms with Gasteiger partial charge in [-0.15, -0.1) is 0 Å². The molecule has 0 aromatic heterocycles. The van der Waals surface area contributed by atoms with E-state index in [1.165, 1.54) is 0 Å². The van der Waals surface area contributed by atoms with E-state index in [0.29, 0.717) is 31.0 Å². The lowest BCUT2D eigenvalue weighted by molar-refractivity contribution is -0.144. The molecule has 0 aromatic rings. The second kappa shape index (κ2) is 5.29. The number of hydrogen-bond donors (Lipinski definition) is 1. The predicted molar refractivity (Wildman–Crippen MR) is 57.5 cm³/mol. The SMILES string of the molecule is CC(C)CC(=O)C1CCC(C(=O)O)CC1. The Balaban J connectivity index is 2.37. The average Bonchev–Trinajstić information content (AvgIpc) is 2.17. The molecule has 0 heterocycles. The number of ketones is 1. The van der Waals surface area contributed by atoms with Crippen LogP contribution in [0, 0.1) is 17.8 Å². The molecule has 1 N–H and O–H groups in total. The van der Waals surface area contributed by atoms with Gasteiger partial charge in [-0.25, -0.2) is 0 Å². The maximum atomic E-state index is 11.7. The van der Waals surface area contributed by atoms with Gasteiger partial charge in [0.2, 0.25) is 0 Å². The monoisotopic (exact) mass is 212 g/mol. The first-order valence-corrected chi connectivity index (χ1v) is 5.76. The molecule has 0 bridgehead atoms. The van der Waals surface area contributed by atoms with Crippen LogP contribution in [-0.2, 0) is 9.59 Å². The molecule has 0 radical (unpaired) electrons. The van der Waals surface area contributed by atoms with Crippen LogP contribution in [0.25, 0.3) is 0 Å². The topological polar surface area (TPSA) is 54.4 Å². The van der Waals surface area contributed by atoms with E-state index in [1.54, 1.807) is 0 Å². The Kier molecular flexibility index (Phi) is 4.30. The Morgan fingerprint density at radius 3 is 2.00 bits per heavy atom. The van der Waals surface area contributed by atoms with Gasteiger partial charge in [-0.2, -0.15) is 0 Å². The van der Waals surface area contributed by atoms with Crippen LogP contribution in [0.15, 0.2) is 0 Å². The van der Waals surface area contributed by atoms with Crippen molar-refractivity contribution in [2.75, 3.05) is 0 Å². The number of carbonyl (C=O) groups is 2. The van der Waals surface area contributed by atoms with Crippen molar-refractivity contribution in [2.45, 2.75) is 46.0 Å². The van der Waals surface area contributed by atoms with Crippen LogP contribution in [0.3, 0.4) is 0 Å². The Labute approximate surface area is 90.9 Å². The first kappa shape index (κ1) is 12.2. The fraction of sp³-hybridized carbons (Fsp3) is 0.833. The highest BCUT2D eigenvalue weighted by molar-refractivity contribution is 5.81. The van der Waals surface area contributed by atoms with Gasteiger partial charge in [-0.3, -0.25) is 9.59 Å². The van der Waals surface area contributed by atoms with Crippen molar-refractivity contribution >= 4 is 11.8 Å². The second-order valence-corrected chi connectivity index (χ2v) is 4.95. The zero-order valence-electron chi connectivity index (χ0n) is 9.53. The molecule has 1 rings (SSSR count). The van der Waals surface area contributed by atoms with Crippen molar-refractivity contribution in [3.63, 3.8) is 0 Å². The van der Waals surface area contributed by atoms with Crippen LogP contribution in [0.2, 0.25) is 0 Å². The molecular formula is C12H20O3. The number of hydrogen-bond acceptors (Lipinski definition) is 2. The molecule has 0 saturated heterocycles. The van der Waals surface area contributed by atoms with Gasteiger partial charge in [0.05, 0.1) is 5.92 Å². The lowest BCUT2D eigenvalue weighted by Crippen LogP contribution is -2.26. The highest BCUT2D eigenvalue weighted by Gasteiger charge is 2.29. The van der Waals surface area contributed by atoms with Crippen molar-refractivity contribution in [1.29, 1.82) is 0 Å². The quantitative estimate of drug-likeness (QED) is 0.779. The van der Waals surface area contributed by atoms with Crippen molar-refractivity contribution in [2.24, 2.45) is 17.8 Å². The molecule has 1 fully saturated rings. The summed E-state index contributed by atoms with van der Waals surface area (Å²) in [5, 5.41) is 8.82. The maximum Gasteiger partial charge on any atom is 0.306 e. The summed E-state index contributed by atoms with van der Waals surface area (Å²) in [5.74, 6) is -0.0515. The predicted octanol–water partition coefficient (Wildman–Crippen LogP) is 2.49. The van der Waals surface area contributed by atoms with Crippen molar-refractivity contribution in [3.8, 4) is 0 Å². The van der Waals surface area contributed by atoms with Crippen LogP contribution >= 0.6 is 0 Å². The first-order valence-electron chi connectivity index (χ1n) is 5.76. The smallest absolute Gasteiger partial charge is 0.306 e. The minimum atomic E-state index is -0.704. The second-order valence-electron chi connectivity index (χ2n) is 4.95. The van der Waals surface area contributed by atoms with Crippen molar-refractivity contribution in [3.05, 3.63) is 0 Å². The zero-order chi connectivity index (χ0) is 11.4. The van der Waals surface area contributed by atoms with E-state index in [1.807, 2.05) is 13.8 Å². The summed E-state index contributed by atoms with van der Waals surface area (Å²) in [6.07, 6.45) is 3.51.